The lowest BCUT2D eigenvalue weighted by Gasteiger charge is -2.41. The summed E-state index contributed by atoms with van der Waals surface area (Å²) in [6, 6.07) is 8.54. The van der Waals surface area contributed by atoms with Gasteiger partial charge in [-0.1, -0.05) is 12.1 Å². The fraction of sp³-hybridized carbons (Fsp3) is 0.267. The molecule has 0 N–H and O–H groups in total. The van der Waals surface area contributed by atoms with Gasteiger partial charge in [-0.2, -0.15) is 11.3 Å². The maximum absolute atomic E-state index is 12.9. The van der Waals surface area contributed by atoms with Gasteiger partial charge >= 0.3 is 0 Å². The third-order valence-corrected chi connectivity index (χ3v) is 4.26. The van der Waals surface area contributed by atoms with Crippen LogP contribution in [0.5, 0.6) is 0 Å². The van der Waals surface area contributed by atoms with E-state index >= 15 is 0 Å². The number of hydrogen-bond donors (Lipinski definition) is 0. The predicted molar refractivity (Wildman–Crippen MR) is 73.5 cm³/mol. The molecule has 0 unspecified atom stereocenters. The van der Waals surface area contributed by atoms with Crippen LogP contribution >= 0.6 is 11.3 Å². The van der Waals surface area contributed by atoms with E-state index < -0.39 is 0 Å². The van der Waals surface area contributed by atoms with E-state index in [9.17, 15) is 9.18 Å². The highest BCUT2D eigenvalue weighted by Crippen LogP contribution is 2.33. The molecule has 0 radical (unpaired) electrons. The molecule has 19 heavy (non-hydrogen) atoms. The van der Waals surface area contributed by atoms with E-state index in [1.165, 1.54) is 12.1 Å². The lowest BCUT2D eigenvalue weighted by atomic mass is 9.94. The molecule has 0 aliphatic carbocycles. The van der Waals surface area contributed by atoms with Gasteiger partial charge in [-0.05, 0) is 46.5 Å². The molecule has 1 atom stereocenters. The van der Waals surface area contributed by atoms with Crippen molar-refractivity contribution in [2.75, 3.05) is 6.54 Å². The molecule has 1 fully saturated rings. The Labute approximate surface area is 115 Å². The molecule has 1 aromatic heterocycles. The second-order valence-electron chi connectivity index (χ2n) is 4.75. The Kier molecular flexibility index (Phi) is 3.34. The van der Waals surface area contributed by atoms with Crippen molar-refractivity contribution in [2.45, 2.75) is 18.9 Å². The van der Waals surface area contributed by atoms with E-state index in [0.717, 1.165) is 24.1 Å². The Morgan fingerprint density at radius 3 is 2.68 bits per heavy atom. The molecule has 0 bridgehead atoms. The summed E-state index contributed by atoms with van der Waals surface area (Å²) >= 11 is 1.61. The minimum Gasteiger partial charge on any atom is -0.335 e. The Balaban J connectivity index is 1.69. The molecule has 0 saturated carbocycles. The number of benzene rings is 1. The summed E-state index contributed by atoms with van der Waals surface area (Å²) in [7, 11) is 0. The quantitative estimate of drug-likeness (QED) is 0.840. The highest BCUT2D eigenvalue weighted by Gasteiger charge is 2.32. The predicted octanol–water partition coefficient (Wildman–Crippen LogP) is 3.40. The van der Waals surface area contributed by atoms with Crippen LogP contribution in [0.1, 0.15) is 23.6 Å². The Morgan fingerprint density at radius 2 is 2.11 bits per heavy atom. The molecule has 1 aliphatic rings. The average molecular weight is 275 g/mol. The van der Waals surface area contributed by atoms with E-state index in [1.54, 1.807) is 23.5 Å². The first kappa shape index (κ1) is 12.4. The molecule has 1 amide bonds. The average Bonchev–Trinajstić information content (AvgIpc) is 2.83. The number of rotatable bonds is 3. The number of carbonyl (C=O) groups is 1. The lowest BCUT2D eigenvalue weighted by Crippen LogP contribution is -2.45. The van der Waals surface area contributed by atoms with Crippen molar-refractivity contribution in [1.82, 2.24) is 4.90 Å². The number of carbonyl (C=O) groups excluding carboxylic acids is 1. The van der Waals surface area contributed by atoms with Crippen LogP contribution in [0, 0.1) is 5.82 Å². The molecule has 1 saturated heterocycles. The van der Waals surface area contributed by atoms with Crippen molar-refractivity contribution < 1.29 is 9.18 Å². The van der Waals surface area contributed by atoms with Crippen LogP contribution in [-0.4, -0.2) is 17.4 Å². The molecule has 0 spiro atoms. The first-order valence-electron chi connectivity index (χ1n) is 6.30. The van der Waals surface area contributed by atoms with Gasteiger partial charge in [0, 0.05) is 6.54 Å². The van der Waals surface area contributed by atoms with Gasteiger partial charge in [-0.3, -0.25) is 4.79 Å². The standard InChI is InChI=1S/C15H14FNOS/c16-13-3-1-12(2-4-13)14-5-7-17(14)15(18)9-11-6-8-19-10-11/h1-4,6,8,10,14H,5,7,9H2/t14-/m0/s1. The van der Waals surface area contributed by atoms with Crippen molar-refractivity contribution in [2.24, 2.45) is 0 Å². The fourth-order valence-corrected chi connectivity index (χ4v) is 3.06. The van der Waals surface area contributed by atoms with Gasteiger partial charge in [-0.25, -0.2) is 4.39 Å². The van der Waals surface area contributed by atoms with Crippen molar-refractivity contribution in [3.63, 3.8) is 0 Å². The summed E-state index contributed by atoms with van der Waals surface area (Å²) in [5.74, 6) is -0.0850. The smallest absolute Gasteiger partial charge is 0.227 e. The first-order valence-corrected chi connectivity index (χ1v) is 7.24. The Hall–Kier alpha value is -1.68. The lowest BCUT2D eigenvalue weighted by molar-refractivity contribution is -0.138. The van der Waals surface area contributed by atoms with Gasteiger partial charge < -0.3 is 4.90 Å². The third kappa shape index (κ3) is 2.54. The second kappa shape index (κ2) is 5.13. The zero-order chi connectivity index (χ0) is 13.2. The van der Waals surface area contributed by atoms with Crippen LogP contribution in [0.4, 0.5) is 4.39 Å². The second-order valence-corrected chi connectivity index (χ2v) is 5.53. The first-order chi connectivity index (χ1) is 9.24. The maximum Gasteiger partial charge on any atom is 0.227 e. The van der Waals surface area contributed by atoms with Gasteiger partial charge in [0.15, 0.2) is 0 Å². The van der Waals surface area contributed by atoms with Crippen LogP contribution in [-0.2, 0) is 11.2 Å². The number of thiophene rings is 1. The van der Waals surface area contributed by atoms with Crippen LogP contribution in [0.2, 0.25) is 0 Å². The van der Waals surface area contributed by atoms with E-state index in [-0.39, 0.29) is 17.8 Å². The van der Waals surface area contributed by atoms with E-state index in [1.807, 2.05) is 21.7 Å². The summed E-state index contributed by atoms with van der Waals surface area (Å²) in [6.45, 7) is 0.797. The number of nitrogens with zero attached hydrogens (tertiary/aromatic N) is 1. The highest BCUT2D eigenvalue weighted by molar-refractivity contribution is 7.07. The molecule has 1 aliphatic heterocycles. The zero-order valence-electron chi connectivity index (χ0n) is 10.4. The Bertz CT molecular complexity index is 564. The molecule has 98 valence electrons. The summed E-state index contributed by atoms with van der Waals surface area (Å²) in [5, 5.41) is 3.99. The third-order valence-electron chi connectivity index (χ3n) is 3.53. The minimum atomic E-state index is -0.237. The van der Waals surface area contributed by atoms with Gasteiger partial charge in [0.25, 0.3) is 0 Å². The van der Waals surface area contributed by atoms with Gasteiger partial charge in [0.1, 0.15) is 5.82 Å². The van der Waals surface area contributed by atoms with Crippen molar-refractivity contribution >= 4 is 17.2 Å². The summed E-state index contributed by atoms with van der Waals surface area (Å²) < 4.78 is 12.9. The number of amides is 1. The number of halogens is 1. The zero-order valence-corrected chi connectivity index (χ0v) is 11.2. The normalized spacial score (nSPS) is 18.2. The molecule has 2 aromatic rings. The Morgan fingerprint density at radius 1 is 1.32 bits per heavy atom. The molecule has 4 heteroatoms. The van der Waals surface area contributed by atoms with Crippen LogP contribution in [0.25, 0.3) is 0 Å². The molecule has 1 aromatic carbocycles. The number of likely N-dealkylation sites (tertiary alicyclic amines) is 1. The van der Waals surface area contributed by atoms with E-state index in [4.69, 9.17) is 0 Å². The monoisotopic (exact) mass is 275 g/mol. The van der Waals surface area contributed by atoms with Crippen LogP contribution < -0.4 is 0 Å². The summed E-state index contributed by atoms with van der Waals surface area (Å²) in [6.07, 6.45) is 1.42. The molecular formula is C15H14FNOS. The maximum atomic E-state index is 12.9. The van der Waals surface area contributed by atoms with Crippen molar-refractivity contribution in [3.8, 4) is 0 Å². The summed E-state index contributed by atoms with van der Waals surface area (Å²) in [4.78, 5) is 14.1. The molecular weight excluding hydrogens is 261 g/mol. The van der Waals surface area contributed by atoms with E-state index in [2.05, 4.69) is 0 Å². The molecule has 2 nitrogen and oxygen atoms in total. The highest BCUT2D eigenvalue weighted by atomic mass is 32.1. The number of hydrogen-bond acceptors (Lipinski definition) is 2. The molecule has 3 rings (SSSR count). The van der Waals surface area contributed by atoms with Gasteiger partial charge in [0.2, 0.25) is 5.91 Å². The van der Waals surface area contributed by atoms with Gasteiger partial charge in [-0.15, -0.1) is 0 Å². The minimum absolute atomic E-state index is 0.117. The van der Waals surface area contributed by atoms with Crippen molar-refractivity contribution in [3.05, 3.63) is 58.0 Å². The van der Waals surface area contributed by atoms with Gasteiger partial charge in [0.05, 0.1) is 12.5 Å². The fourth-order valence-electron chi connectivity index (χ4n) is 2.39. The molecule has 2 heterocycles. The van der Waals surface area contributed by atoms with Crippen LogP contribution in [0.3, 0.4) is 0 Å². The van der Waals surface area contributed by atoms with E-state index in [0.29, 0.717) is 6.42 Å². The summed E-state index contributed by atoms with van der Waals surface area (Å²) in [5.41, 5.74) is 2.09. The SMILES string of the molecule is O=C(Cc1ccsc1)N1CC[C@H]1c1ccc(F)cc1. The topological polar surface area (TPSA) is 20.3 Å². The largest absolute Gasteiger partial charge is 0.335 e. The van der Waals surface area contributed by atoms with Crippen LogP contribution in [0.15, 0.2) is 41.1 Å². The van der Waals surface area contributed by atoms with Crippen molar-refractivity contribution in [1.29, 1.82) is 0 Å².